The quantitative estimate of drug-likeness (QED) is 0.800. The predicted molar refractivity (Wildman–Crippen MR) is 67.9 cm³/mol. The Labute approximate surface area is 102 Å². The highest BCUT2D eigenvalue weighted by atomic mass is 16.5. The van der Waals surface area contributed by atoms with Crippen LogP contribution in [0.3, 0.4) is 0 Å². The van der Waals surface area contributed by atoms with Gasteiger partial charge in [-0.05, 0) is 6.92 Å². The molecule has 6 heteroatoms. The van der Waals surface area contributed by atoms with Crippen LogP contribution in [-0.4, -0.2) is 50.9 Å². The number of anilines is 2. The van der Waals surface area contributed by atoms with E-state index in [1.807, 2.05) is 11.9 Å². The Balaban J connectivity index is 3.03. The molecule has 1 aromatic heterocycles. The van der Waals surface area contributed by atoms with Crippen LogP contribution in [0.25, 0.3) is 0 Å². The number of hydrogen-bond acceptors (Lipinski definition) is 6. The van der Waals surface area contributed by atoms with Crippen molar-refractivity contribution in [2.24, 2.45) is 0 Å². The van der Waals surface area contributed by atoms with Gasteiger partial charge < -0.3 is 19.7 Å². The van der Waals surface area contributed by atoms with E-state index >= 15 is 0 Å². The van der Waals surface area contributed by atoms with E-state index in [9.17, 15) is 0 Å². The molecule has 6 nitrogen and oxygen atoms in total. The number of hydrogen-bond donors (Lipinski definition) is 1. The Morgan fingerprint density at radius 1 is 1.41 bits per heavy atom. The van der Waals surface area contributed by atoms with E-state index in [4.69, 9.17) is 9.47 Å². The summed E-state index contributed by atoms with van der Waals surface area (Å²) in [6, 6.07) is 0.202. The minimum atomic E-state index is 0.202. The van der Waals surface area contributed by atoms with Gasteiger partial charge in [-0.1, -0.05) is 0 Å². The molecular weight excluding hydrogens is 220 g/mol. The Hall–Kier alpha value is -1.56. The lowest BCUT2D eigenvalue weighted by Gasteiger charge is -2.27. The molecule has 1 rings (SSSR count). The zero-order chi connectivity index (χ0) is 12.8. The van der Waals surface area contributed by atoms with Crippen LogP contribution in [0.5, 0.6) is 5.75 Å². The standard InChI is InChI=1S/C11H20N4O2/c1-8(6-16-4)15(3)11-9(17-5)10(12-2)13-7-14-11/h7-8H,6H2,1-5H3,(H,12,13,14). The molecule has 0 radical (unpaired) electrons. The van der Waals surface area contributed by atoms with Gasteiger partial charge in [0, 0.05) is 21.2 Å². The van der Waals surface area contributed by atoms with Gasteiger partial charge in [0.25, 0.3) is 0 Å². The van der Waals surface area contributed by atoms with Crippen LogP contribution in [-0.2, 0) is 4.74 Å². The second kappa shape index (κ2) is 6.24. The first-order valence-electron chi connectivity index (χ1n) is 5.44. The molecule has 0 bridgehead atoms. The first-order valence-corrected chi connectivity index (χ1v) is 5.44. The zero-order valence-corrected chi connectivity index (χ0v) is 11.0. The first-order chi connectivity index (χ1) is 8.15. The summed E-state index contributed by atoms with van der Waals surface area (Å²) in [7, 11) is 7.04. The summed E-state index contributed by atoms with van der Waals surface area (Å²) in [4.78, 5) is 10.4. The van der Waals surface area contributed by atoms with Crippen LogP contribution < -0.4 is 15.0 Å². The van der Waals surface area contributed by atoms with Gasteiger partial charge >= 0.3 is 0 Å². The molecule has 0 fully saturated rings. The second-order valence-corrected chi connectivity index (χ2v) is 3.74. The van der Waals surface area contributed by atoms with Crippen molar-refractivity contribution in [1.82, 2.24) is 9.97 Å². The fraction of sp³-hybridized carbons (Fsp3) is 0.636. The van der Waals surface area contributed by atoms with Crippen molar-refractivity contribution in [1.29, 1.82) is 0 Å². The van der Waals surface area contributed by atoms with Gasteiger partial charge in [0.1, 0.15) is 6.33 Å². The van der Waals surface area contributed by atoms with E-state index < -0.39 is 0 Å². The SMILES string of the molecule is CNc1ncnc(N(C)C(C)COC)c1OC. The van der Waals surface area contributed by atoms with Crippen molar-refractivity contribution < 1.29 is 9.47 Å². The van der Waals surface area contributed by atoms with Gasteiger partial charge in [0.2, 0.25) is 5.75 Å². The van der Waals surface area contributed by atoms with Gasteiger partial charge in [0.05, 0.1) is 19.8 Å². The summed E-state index contributed by atoms with van der Waals surface area (Å²) in [5.41, 5.74) is 0. The Bertz CT molecular complexity index is 359. The summed E-state index contributed by atoms with van der Waals surface area (Å²) in [6.45, 7) is 2.68. The number of rotatable bonds is 6. The van der Waals surface area contributed by atoms with Gasteiger partial charge in [-0.15, -0.1) is 0 Å². The molecule has 0 aromatic carbocycles. The lowest BCUT2D eigenvalue weighted by Crippen LogP contribution is -2.33. The van der Waals surface area contributed by atoms with E-state index in [2.05, 4.69) is 22.2 Å². The maximum absolute atomic E-state index is 5.35. The third-order valence-electron chi connectivity index (χ3n) is 2.63. The predicted octanol–water partition coefficient (Wildman–Crippen LogP) is 0.998. The van der Waals surface area contributed by atoms with Gasteiger partial charge in [0.15, 0.2) is 11.6 Å². The van der Waals surface area contributed by atoms with Crippen LogP contribution in [0.2, 0.25) is 0 Å². The third kappa shape index (κ3) is 2.97. The smallest absolute Gasteiger partial charge is 0.204 e. The highest BCUT2D eigenvalue weighted by molar-refractivity contribution is 5.64. The molecule has 0 aliphatic rings. The molecule has 0 aliphatic carbocycles. The maximum Gasteiger partial charge on any atom is 0.204 e. The fourth-order valence-electron chi connectivity index (χ4n) is 1.54. The van der Waals surface area contributed by atoms with Crippen molar-refractivity contribution in [2.75, 3.05) is 45.1 Å². The topological polar surface area (TPSA) is 59.5 Å². The van der Waals surface area contributed by atoms with E-state index in [-0.39, 0.29) is 6.04 Å². The highest BCUT2D eigenvalue weighted by Gasteiger charge is 2.18. The summed E-state index contributed by atoms with van der Waals surface area (Å²) in [5.74, 6) is 2.06. The minimum Gasteiger partial charge on any atom is -0.490 e. The summed E-state index contributed by atoms with van der Waals surface area (Å²) in [6.07, 6.45) is 1.51. The molecule has 1 unspecified atom stereocenters. The average Bonchev–Trinajstić information content (AvgIpc) is 2.36. The van der Waals surface area contributed by atoms with E-state index in [1.54, 1.807) is 21.3 Å². The van der Waals surface area contributed by atoms with Gasteiger partial charge in [-0.3, -0.25) is 0 Å². The Kier molecular flexibility index (Phi) is 4.96. The summed E-state index contributed by atoms with van der Waals surface area (Å²) >= 11 is 0. The maximum atomic E-state index is 5.35. The molecule has 0 saturated carbocycles. The number of aromatic nitrogens is 2. The monoisotopic (exact) mass is 240 g/mol. The second-order valence-electron chi connectivity index (χ2n) is 3.74. The van der Waals surface area contributed by atoms with Gasteiger partial charge in [-0.2, -0.15) is 0 Å². The zero-order valence-electron chi connectivity index (χ0n) is 11.0. The number of nitrogens with one attached hydrogen (secondary N) is 1. The number of nitrogens with zero attached hydrogens (tertiary/aromatic N) is 3. The molecule has 1 N–H and O–H groups in total. The molecule has 0 aliphatic heterocycles. The third-order valence-corrected chi connectivity index (χ3v) is 2.63. The highest BCUT2D eigenvalue weighted by Crippen LogP contribution is 2.31. The van der Waals surface area contributed by atoms with Crippen LogP contribution in [0.4, 0.5) is 11.6 Å². The van der Waals surface area contributed by atoms with E-state index in [0.717, 1.165) is 5.82 Å². The number of likely N-dealkylation sites (N-methyl/N-ethyl adjacent to an activating group) is 1. The van der Waals surface area contributed by atoms with Crippen molar-refractivity contribution in [3.8, 4) is 5.75 Å². The molecule has 96 valence electrons. The molecule has 17 heavy (non-hydrogen) atoms. The lowest BCUT2D eigenvalue weighted by atomic mass is 10.3. The molecular formula is C11H20N4O2. The largest absolute Gasteiger partial charge is 0.490 e. The molecule has 0 saturated heterocycles. The molecule has 1 atom stereocenters. The number of ether oxygens (including phenoxy) is 2. The molecule has 1 heterocycles. The van der Waals surface area contributed by atoms with Crippen molar-refractivity contribution in [3.05, 3.63) is 6.33 Å². The van der Waals surface area contributed by atoms with Crippen molar-refractivity contribution >= 4 is 11.6 Å². The van der Waals surface area contributed by atoms with E-state index in [0.29, 0.717) is 18.2 Å². The molecule has 0 spiro atoms. The minimum absolute atomic E-state index is 0.202. The summed E-state index contributed by atoms with van der Waals surface area (Å²) < 4.78 is 10.5. The molecule has 0 amide bonds. The fourth-order valence-corrected chi connectivity index (χ4v) is 1.54. The normalized spacial score (nSPS) is 12.1. The molecule has 1 aromatic rings. The van der Waals surface area contributed by atoms with Crippen LogP contribution in [0, 0.1) is 0 Å². The number of methoxy groups -OCH3 is 2. The Morgan fingerprint density at radius 2 is 2.12 bits per heavy atom. The Morgan fingerprint density at radius 3 is 2.65 bits per heavy atom. The van der Waals surface area contributed by atoms with Gasteiger partial charge in [-0.25, -0.2) is 9.97 Å². The first kappa shape index (κ1) is 13.5. The van der Waals surface area contributed by atoms with Crippen LogP contribution >= 0.6 is 0 Å². The van der Waals surface area contributed by atoms with E-state index in [1.165, 1.54) is 6.33 Å². The van der Waals surface area contributed by atoms with Crippen molar-refractivity contribution in [2.45, 2.75) is 13.0 Å². The van der Waals surface area contributed by atoms with Crippen molar-refractivity contribution in [3.63, 3.8) is 0 Å². The van der Waals surface area contributed by atoms with Crippen LogP contribution in [0.1, 0.15) is 6.92 Å². The lowest BCUT2D eigenvalue weighted by molar-refractivity contribution is 0.183. The van der Waals surface area contributed by atoms with Crippen LogP contribution in [0.15, 0.2) is 6.33 Å². The average molecular weight is 240 g/mol. The summed E-state index contributed by atoms with van der Waals surface area (Å²) in [5, 5.41) is 2.98.